The van der Waals surface area contributed by atoms with Gasteiger partial charge in [0, 0.05) is 11.7 Å². The molecule has 1 N–H and O–H groups in total. The maximum absolute atomic E-state index is 13.0. The third-order valence-corrected chi connectivity index (χ3v) is 3.67. The molecule has 0 aliphatic heterocycles. The monoisotopic (exact) mass is 241 g/mol. The molecule has 0 radical (unpaired) electrons. The van der Waals surface area contributed by atoms with Crippen LogP contribution in [-0.2, 0) is 0 Å². The van der Waals surface area contributed by atoms with Crippen molar-refractivity contribution in [3.63, 3.8) is 0 Å². The van der Waals surface area contributed by atoms with Crippen molar-refractivity contribution in [2.24, 2.45) is 5.92 Å². The summed E-state index contributed by atoms with van der Waals surface area (Å²) in [6.07, 6.45) is 5.06. The molecule has 0 saturated heterocycles. The van der Waals surface area contributed by atoms with Crippen molar-refractivity contribution >= 4 is 17.3 Å². The van der Waals surface area contributed by atoms with Crippen molar-refractivity contribution in [3.05, 3.63) is 29.0 Å². The lowest BCUT2D eigenvalue weighted by Crippen LogP contribution is -2.30. The van der Waals surface area contributed by atoms with Crippen molar-refractivity contribution in [2.75, 3.05) is 5.32 Å². The Bertz CT molecular complexity index is 367. The molecule has 3 heteroatoms. The topological polar surface area (TPSA) is 12.0 Å². The molecule has 0 bridgehead atoms. The van der Waals surface area contributed by atoms with E-state index >= 15 is 0 Å². The molecule has 0 amide bonds. The third kappa shape index (κ3) is 2.67. The fourth-order valence-corrected chi connectivity index (χ4v) is 2.51. The first-order valence-corrected chi connectivity index (χ1v) is 6.26. The second-order valence-electron chi connectivity index (χ2n) is 4.64. The summed E-state index contributed by atoms with van der Waals surface area (Å²) in [5, 5.41) is 3.64. The van der Waals surface area contributed by atoms with Gasteiger partial charge in [-0.2, -0.15) is 0 Å². The average molecular weight is 242 g/mol. The number of anilines is 1. The Hall–Kier alpha value is -0.760. The van der Waals surface area contributed by atoms with Crippen LogP contribution >= 0.6 is 11.6 Å². The van der Waals surface area contributed by atoms with Crippen LogP contribution in [0.25, 0.3) is 0 Å². The molecule has 1 nitrogen and oxygen atoms in total. The van der Waals surface area contributed by atoms with Crippen LogP contribution in [0.5, 0.6) is 0 Å². The largest absolute Gasteiger partial charge is 0.382 e. The maximum Gasteiger partial charge on any atom is 0.141 e. The second-order valence-corrected chi connectivity index (χ2v) is 5.05. The van der Waals surface area contributed by atoms with E-state index in [4.69, 9.17) is 11.6 Å². The van der Waals surface area contributed by atoms with Crippen LogP contribution in [0.3, 0.4) is 0 Å². The molecule has 1 fully saturated rings. The van der Waals surface area contributed by atoms with E-state index in [1.807, 2.05) is 0 Å². The molecule has 1 aliphatic carbocycles. The fraction of sp³-hybridized carbons (Fsp3) is 0.538. The van der Waals surface area contributed by atoms with Gasteiger partial charge in [0.05, 0.1) is 5.02 Å². The van der Waals surface area contributed by atoms with Gasteiger partial charge in [0.2, 0.25) is 0 Å². The highest BCUT2D eigenvalue weighted by molar-refractivity contribution is 6.31. The molecule has 0 heterocycles. The molecule has 2 rings (SSSR count). The van der Waals surface area contributed by atoms with Crippen LogP contribution in [0.1, 0.15) is 32.6 Å². The van der Waals surface area contributed by atoms with Gasteiger partial charge in [-0.25, -0.2) is 4.39 Å². The van der Waals surface area contributed by atoms with Crippen LogP contribution in [0.2, 0.25) is 5.02 Å². The van der Waals surface area contributed by atoms with E-state index in [0.717, 1.165) is 5.69 Å². The molecular formula is C13H17ClFN. The van der Waals surface area contributed by atoms with Gasteiger partial charge in [-0.05, 0) is 37.0 Å². The molecule has 1 aromatic carbocycles. The van der Waals surface area contributed by atoms with E-state index in [-0.39, 0.29) is 10.8 Å². The first-order chi connectivity index (χ1) is 7.66. The average Bonchev–Trinajstić information content (AvgIpc) is 2.27. The molecule has 2 unspecified atom stereocenters. The van der Waals surface area contributed by atoms with Gasteiger partial charge in [-0.15, -0.1) is 0 Å². The van der Waals surface area contributed by atoms with Gasteiger partial charge in [-0.3, -0.25) is 0 Å². The Labute approximate surface area is 101 Å². The first-order valence-electron chi connectivity index (χ1n) is 5.88. The zero-order chi connectivity index (χ0) is 11.5. The zero-order valence-corrected chi connectivity index (χ0v) is 10.2. The van der Waals surface area contributed by atoms with Crippen molar-refractivity contribution < 1.29 is 4.39 Å². The Morgan fingerprint density at radius 3 is 2.75 bits per heavy atom. The summed E-state index contributed by atoms with van der Waals surface area (Å²) in [4.78, 5) is 0. The van der Waals surface area contributed by atoms with Crippen LogP contribution in [-0.4, -0.2) is 6.04 Å². The van der Waals surface area contributed by atoms with Crippen molar-refractivity contribution in [2.45, 2.75) is 38.6 Å². The summed E-state index contributed by atoms with van der Waals surface area (Å²) in [7, 11) is 0. The van der Waals surface area contributed by atoms with E-state index in [1.165, 1.54) is 31.7 Å². The van der Waals surface area contributed by atoms with Crippen molar-refractivity contribution in [1.29, 1.82) is 0 Å². The van der Waals surface area contributed by atoms with Crippen LogP contribution in [0, 0.1) is 11.7 Å². The van der Waals surface area contributed by atoms with Gasteiger partial charge >= 0.3 is 0 Å². The summed E-state index contributed by atoms with van der Waals surface area (Å²) < 4.78 is 13.0. The van der Waals surface area contributed by atoms with Gasteiger partial charge < -0.3 is 5.32 Å². The smallest absolute Gasteiger partial charge is 0.141 e. The lowest BCUT2D eigenvalue weighted by atomic mass is 9.86. The molecule has 1 saturated carbocycles. The molecule has 1 aliphatic rings. The summed E-state index contributed by atoms with van der Waals surface area (Å²) in [6, 6.07) is 5.33. The Morgan fingerprint density at radius 2 is 2.06 bits per heavy atom. The molecule has 88 valence electrons. The highest BCUT2D eigenvalue weighted by atomic mass is 35.5. The van der Waals surface area contributed by atoms with Gasteiger partial charge in [0.1, 0.15) is 5.82 Å². The lowest BCUT2D eigenvalue weighted by molar-refractivity contribution is 0.349. The maximum atomic E-state index is 13.0. The van der Waals surface area contributed by atoms with Crippen LogP contribution < -0.4 is 5.32 Å². The number of benzene rings is 1. The van der Waals surface area contributed by atoms with Crippen molar-refractivity contribution in [3.8, 4) is 0 Å². The number of nitrogens with one attached hydrogen (secondary N) is 1. The Morgan fingerprint density at radius 1 is 1.31 bits per heavy atom. The van der Waals surface area contributed by atoms with Crippen LogP contribution in [0.15, 0.2) is 18.2 Å². The minimum absolute atomic E-state index is 0.188. The second kappa shape index (κ2) is 5.05. The summed E-state index contributed by atoms with van der Waals surface area (Å²) in [6.45, 7) is 2.27. The van der Waals surface area contributed by atoms with E-state index < -0.39 is 0 Å². The van der Waals surface area contributed by atoms with E-state index in [9.17, 15) is 4.39 Å². The lowest BCUT2D eigenvalue weighted by Gasteiger charge is -2.30. The molecule has 0 spiro atoms. The summed E-state index contributed by atoms with van der Waals surface area (Å²) in [5.74, 6) is 0.321. The number of hydrogen-bond donors (Lipinski definition) is 1. The summed E-state index contributed by atoms with van der Waals surface area (Å²) in [5.41, 5.74) is 0.921. The standard InChI is InChI=1S/C13H17ClFN/c1-9-4-2-3-5-13(9)16-10-6-7-12(15)11(14)8-10/h6-9,13,16H,2-5H2,1H3. The minimum atomic E-state index is -0.357. The highest BCUT2D eigenvalue weighted by Gasteiger charge is 2.20. The Balaban J connectivity index is 2.05. The minimum Gasteiger partial charge on any atom is -0.382 e. The Kier molecular flexibility index (Phi) is 3.70. The van der Waals surface area contributed by atoms with E-state index in [1.54, 1.807) is 12.1 Å². The number of hydrogen-bond acceptors (Lipinski definition) is 1. The molecule has 2 atom stereocenters. The molecule has 1 aromatic rings. The van der Waals surface area contributed by atoms with E-state index in [2.05, 4.69) is 12.2 Å². The quantitative estimate of drug-likeness (QED) is 0.806. The van der Waals surface area contributed by atoms with E-state index in [0.29, 0.717) is 12.0 Å². The number of halogens is 2. The first kappa shape index (κ1) is 11.7. The van der Waals surface area contributed by atoms with Gasteiger partial charge in [-0.1, -0.05) is 31.4 Å². The van der Waals surface area contributed by atoms with Gasteiger partial charge in [0.25, 0.3) is 0 Å². The summed E-state index contributed by atoms with van der Waals surface area (Å²) >= 11 is 5.75. The molecule has 0 aromatic heterocycles. The fourth-order valence-electron chi connectivity index (χ4n) is 2.33. The number of rotatable bonds is 2. The highest BCUT2D eigenvalue weighted by Crippen LogP contribution is 2.28. The van der Waals surface area contributed by atoms with Gasteiger partial charge in [0.15, 0.2) is 0 Å². The normalized spacial score (nSPS) is 25.4. The molecule has 16 heavy (non-hydrogen) atoms. The van der Waals surface area contributed by atoms with Crippen LogP contribution in [0.4, 0.5) is 10.1 Å². The SMILES string of the molecule is CC1CCCCC1Nc1ccc(F)c(Cl)c1. The van der Waals surface area contributed by atoms with Crippen molar-refractivity contribution in [1.82, 2.24) is 0 Å². The molecular weight excluding hydrogens is 225 g/mol. The predicted molar refractivity (Wildman–Crippen MR) is 66.5 cm³/mol. The third-order valence-electron chi connectivity index (χ3n) is 3.38. The predicted octanol–water partition coefficient (Wildman–Crippen LogP) is 4.47. The zero-order valence-electron chi connectivity index (χ0n) is 9.47.